The first-order valence-corrected chi connectivity index (χ1v) is 3.55. The van der Waals surface area contributed by atoms with Gasteiger partial charge in [0.1, 0.15) is 11.5 Å². The van der Waals surface area contributed by atoms with Crippen molar-refractivity contribution in [1.82, 2.24) is 0 Å². The van der Waals surface area contributed by atoms with Crippen molar-refractivity contribution in [1.29, 1.82) is 0 Å². The number of halogens is 3. The summed E-state index contributed by atoms with van der Waals surface area (Å²) in [5, 5.41) is 0. The number of ether oxygens (including phenoxy) is 1. The number of hydrogen-bond donors (Lipinski definition) is 1. The highest BCUT2D eigenvalue weighted by molar-refractivity contribution is 7.75. The van der Waals surface area contributed by atoms with Crippen molar-refractivity contribution in [2.75, 3.05) is 0 Å². The van der Waals surface area contributed by atoms with Crippen molar-refractivity contribution in [2.24, 2.45) is 0 Å². The second-order valence-corrected chi connectivity index (χ2v) is 2.29. The van der Waals surface area contributed by atoms with Crippen LogP contribution in [0.2, 0.25) is 0 Å². The third-order valence-corrected chi connectivity index (χ3v) is 1.37. The zero-order valence-electron chi connectivity index (χ0n) is 6.21. The molecule has 13 heavy (non-hydrogen) atoms. The molecule has 0 spiro atoms. The van der Waals surface area contributed by atoms with Crippen LogP contribution < -0.4 is 8.92 Å². The highest BCUT2D eigenvalue weighted by atomic mass is 32.1. The van der Waals surface area contributed by atoms with Gasteiger partial charge in [0.25, 0.3) is 0 Å². The minimum atomic E-state index is -4.66. The quantitative estimate of drug-likeness (QED) is 0.597. The summed E-state index contributed by atoms with van der Waals surface area (Å²) in [6.45, 7) is 0. The third kappa shape index (κ3) is 3.45. The van der Waals surface area contributed by atoms with E-state index in [1.807, 2.05) is 0 Å². The average Bonchev–Trinajstić information content (AvgIpc) is 2.03. The molecule has 0 saturated carbocycles. The molecule has 1 aromatic carbocycles. The molecule has 1 aromatic rings. The molecular weight excluding hydrogens is 205 g/mol. The van der Waals surface area contributed by atoms with E-state index in [0.29, 0.717) is 5.75 Å². The fourth-order valence-corrected chi connectivity index (χ4v) is 0.824. The summed E-state index contributed by atoms with van der Waals surface area (Å²) in [5.74, 6) is 0.0551. The largest absolute Gasteiger partial charge is 0.573 e. The van der Waals surface area contributed by atoms with E-state index in [-0.39, 0.29) is 5.75 Å². The van der Waals surface area contributed by atoms with E-state index in [4.69, 9.17) is 0 Å². The molecule has 0 aromatic heterocycles. The molecule has 6 heteroatoms. The molecule has 0 aliphatic heterocycles. The van der Waals surface area contributed by atoms with Crippen molar-refractivity contribution < 1.29 is 22.1 Å². The Morgan fingerprint density at radius 1 is 1.00 bits per heavy atom. The first kappa shape index (κ1) is 10.0. The standard InChI is InChI=1S/C7H5F3O2S/c8-7(9,10)11-5-1-3-6(12-13)4-2-5/h1-4,13H. The number of hydrogen-bond acceptors (Lipinski definition) is 3. The summed E-state index contributed by atoms with van der Waals surface area (Å²) in [4.78, 5) is 0. The molecule has 0 saturated heterocycles. The van der Waals surface area contributed by atoms with Crippen molar-refractivity contribution in [2.45, 2.75) is 6.36 Å². The summed E-state index contributed by atoms with van der Waals surface area (Å²) in [5.41, 5.74) is 0. The second kappa shape index (κ2) is 3.78. The van der Waals surface area contributed by atoms with E-state index < -0.39 is 6.36 Å². The highest BCUT2D eigenvalue weighted by Gasteiger charge is 2.30. The molecule has 0 radical (unpaired) electrons. The Morgan fingerprint density at radius 3 is 1.85 bits per heavy atom. The van der Waals surface area contributed by atoms with Crippen LogP contribution in [-0.2, 0) is 0 Å². The van der Waals surface area contributed by atoms with Crippen LogP contribution in [0.15, 0.2) is 24.3 Å². The van der Waals surface area contributed by atoms with Gasteiger partial charge in [-0.1, -0.05) is 0 Å². The molecule has 0 amide bonds. The molecule has 0 N–H and O–H groups in total. The molecule has 0 aliphatic carbocycles. The fourth-order valence-electron chi connectivity index (χ4n) is 0.702. The van der Waals surface area contributed by atoms with Crippen LogP contribution in [0.5, 0.6) is 11.5 Å². The maximum absolute atomic E-state index is 11.7. The predicted molar refractivity (Wildman–Crippen MR) is 42.7 cm³/mol. The lowest BCUT2D eigenvalue weighted by atomic mass is 10.3. The van der Waals surface area contributed by atoms with Crippen LogP contribution in [0.25, 0.3) is 0 Å². The second-order valence-electron chi connectivity index (χ2n) is 2.11. The Kier molecular flexibility index (Phi) is 2.92. The van der Waals surface area contributed by atoms with E-state index in [1.54, 1.807) is 0 Å². The van der Waals surface area contributed by atoms with Gasteiger partial charge in [-0.2, -0.15) is 0 Å². The fraction of sp³-hybridized carbons (Fsp3) is 0.143. The van der Waals surface area contributed by atoms with Crippen LogP contribution in [0.4, 0.5) is 13.2 Å². The summed E-state index contributed by atoms with van der Waals surface area (Å²) >= 11 is 3.47. The lowest BCUT2D eigenvalue weighted by molar-refractivity contribution is -0.274. The average molecular weight is 210 g/mol. The Labute approximate surface area is 77.9 Å². The Hall–Kier alpha value is -1.04. The van der Waals surface area contributed by atoms with Gasteiger partial charge < -0.3 is 8.92 Å². The highest BCUT2D eigenvalue weighted by Crippen LogP contribution is 2.24. The maximum atomic E-state index is 11.7. The monoisotopic (exact) mass is 210 g/mol. The van der Waals surface area contributed by atoms with Gasteiger partial charge in [0.15, 0.2) is 0 Å². The van der Waals surface area contributed by atoms with Crippen molar-refractivity contribution in [3.8, 4) is 11.5 Å². The molecule has 0 heterocycles. The van der Waals surface area contributed by atoms with Gasteiger partial charge in [-0.05, 0) is 24.3 Å². The molecular formula is C7H5F3O2S. The van der Waals surface area contributed by atoms with Crippen LogP contribution in [0.1, 0.15) is 0 Å². The van der Waals surface area contributed by atoms with Gasteiger partial charge in [-0.15, -0.1) is 13.2 Å². The number of benzene rings is 1. The Morgan fingerprint density at radius 2 is 1.46 bits per heavy atom. The smallest absolute Gasteiger partial charge is 0.429 e. The van der Waals surface area contributed by atoms with E-state index in [2.05, 4.69) is 21.8 Å². The van der Waals surface area contributed by atoms with Crippen LogP contribution in [0, 0.1) is 0 Å². The van der Waals surface area contributed by atoms with Gasteiger partial charge in [0, 0.05) is 12.9 Å². The topological polar surface area (TPSA) is 18.5 Å². The van der Waals surface area contributed by atoms with Crippen LogP contribution >= 0.6 is 12.9 Å². The first-order valence-electron chi connectivity index (χ1n) is 3.18. The number of rotatable bonds is 2. The van der Waals surface area contributed by atoms with Gasteiger partial charge in [-0.25, -0.2) is 0 Å². The molecule has 0 bridgehead atoms. The van der Waals surface area contributed by atoms with Crippen molar-refractivity contribution in [3.05, 3.63) is 24.3 Å². The van der Waals surface area contributed by atoms with Gasteiger partial charge in [-0.3, -0.25) is 0 Å². The minimum Gasteiger partial charge on any atom is -0.429 e. The summed E-state index contributed by atoms with van der Waals surface area (Å²) < 4.78 is 43.0. The van der Waals surface area contributed by atoms with Gasteiger partial charge in [0.05, 0.1) is 0 Å². The molecule has 0 aliphatic rings. The minimum absolute atomic E-state index is 0.290. The zero-order valence-corrected chi connectivity index (χ0v) is 7.10. The summed E-state index contributed by atoms with van der Waals surface area (Å²) in [6, 6.07) is 4.90. The number of thiol groups is 1. The normalized spacial score (nSPS) is 11.1. The SMILES string of the molecule is FC(F)(F)Oc1ccc(OS)cc1. The van der Waals surface area contributed by atoms with Crippen LogP contribution in [-0.4, -0.2) is 6.36 Å². The van der Waals surface area contributed by atoms with E-state index >= 15 is 0 Å². The third-order valence-electron chi connectivity index (χ3n) is 1.16. The molecule has 0 unspecified atom stereocenters. The lowest BCUT2D eigenvalue weighted by Crippen LogP contribution is -2.16. The van der Waals surface area contributed by atoms with Gasteiger partial charge >= 0.3 is 6.36 Å². The molecule has 2 nitrogen and oxygen atoms in total. The summed E-state index contributed by atoms with van der Waals surface area (Å²) in [6.07, 6.45) is -4.66. The van der Waals surface area contributed by atoms with Crippen molar-refractivity contribution in [3.63, 3.8) is 0 Å². The maximum Gasteiger partial charge on any atom is 0.573 e. The Balaban J connectivity index is 2.70. The van der Waals surface area contributed by atoms with Crippen molar-refractivity contribution >= 4 is 12.9 Å². The molecule has 0 atom stereocenters. The Bertz CT molecular complexity index is 270. The van der Waals surface area contributed by atoms with Crippen LogP contribution in [0.3, 0.4) is 0 Å². The zero-order chi connectivity index (χ0) is 9.90. The lowest BCUT2D eigenvalue weighted by Gasteiger charge is -2.08. The molecule has 72 valence electrons. The van der Waals surface area contributed by atoms with Gasteiger partial charge in [0.2, 0.25) is 0 Å². The van der Waals surface area contributed by atoms with E-state index in [0.717, 1.165) is 12.1 Å². The number of alkyl halides is 3. The molecule has 0 fully saturated rings. The molecule has 1 rings (SSSR count). The summed E-state index contributed by atoms with van der Waals surface area (Å²) in [7, 11) is 0. The van der Waals surface area contributed by atoms with E-state index in [1.165, 1.54) is 12.1 Å². The predicted octanol–water partition coefficient (Wildman–Crippen LogP) is 2.81. The van der Waals surface area contributed by atoms with E-state index in [9.17, 15) is 13.2 Å². The first-order chi connectivity index (χ1) is 6.01.